The molecule has 1 amide bonds. The predicted molar refractivity (Wildman–Crippen MR) is 124 cm³/mol. The molecule has 0 spiro atoms. The van der Waals surface area contributed by atoms with Gasteiger partial charge in [0, 0.05) is 28.7 Å². The van der Waals surface area contributed by atoms with Crippen molar-refractivity contribution in [2.45, 2.75) is 43.0 Å². The van der Waals surface area contributed by atoms with Gasteiger partial charge in [-0.25, -0.2) is 8.42 Å². The highest BCUT2D eigenvalue weighted by atomic mass is 79.9. The van der Waals surface area contributed by atoms with Crippen molar-refractivity contribution in [3.63, 3.8) is 0 Å². The summed E-state index contributed by atoms with van der Waals surface area (Å²) in [7, 11) is -1.98. The molecule has 1 saturated carbocycles. The third kappa shape index (κ3) is 4.92. The van der Waals surface area contributed by atoms with Crippen molar-refractivity contribution in [1.82, 2.24) is 14.5 Å². The zero-order chi connectivity index (χ0) is 22.7. The summed E-state index contributed by atoms with van der Waals surface area (Å²) in [5.74, 6) is -0.194. The Bertz CT molecular complexity index is 1190. The van der Waals surface area contributed by atoms with Gasteiger partial charge in [-0.3, -0.25) is 10.1 Å². The first-order chi connectivity index (χ1) is 15.3. The molecule has 32 heavy (non-hydrogen) atoms. The number of carbonyl (C=O) groups is 1. The standard InChI is InChI=1S/C22H23BrN4O4S/c1-27(18-5-3-2-4-6-18)32(29,30)19-13-9-15(10-14-19)20(28)24-22-26-25-21(31-22)16-7-11-17(23)12-8-16/h7-14,18H,2-6H2,1H3,(H,24,26,28). The molecule has 8 nitrogen and oxygen atoms in total. The van der Waals surface area contributed by atoms with Crippen LogP contribution in [0.25, 0.3) is 11.5 Å². The summed E-state index contributed by atoms with van der Waals surface area (Å²) in [6, 6.07) is 13.1. The lowest BCUT2D eigenvalue weighted by Gasteiger charge is -2.30. The smallest absolute Gasteiger partial charge is 0.322 e. The minimum atomic E-state index is -3.61. The van der Waals surface area contributed by atoms with Crippen molar-refractivity contribution in [3.05, 3.63) is 58.6 Å². The molecule has 168 valence electrons. The third-order valence-corrected chi connectivity index (χ3v) is 8.07. The maximum absolute atomic E-state index is 13.0. The summed E-state index contributed by atoms with van der Waals surface area (Å²) in [6.07, 6.45) is 5.00. The fourth-order valence-electron chi connectivity index (χ4n) is 3.74. The van der Waals surface area contributed by atoms with Crippen LogP contribution < -0.4 is 5.32 Å². The molecule has 0 radical (unpaired) electrons. The van der Waals surface area contributed by atoms with E-state index in [1.165, 1.54) is 28.6 Å². The van der Waals surface area contributed by atoms with Crippen molar-refractivity contribution in [1.29, 1.82) is 0 Å². The SMILES string of the molecule is CN(C1CCCCC1)S(=O)(=O)c1ccc(C(=O)Nc2nnc(-c3ccc(Br)cc3)o2)cc1. The Morgan fingerprint density at radius 2 is 1.69 bits per heavy atom. The van der Waals surface area contributed by atoms with E-state index in [-0.39, 0.29) is 28.4 Å². The average Bonchev–Trinajstić information content (AvgIpc) is 3.28. The molecule has 0 bridgehead atoms. The number of anilines is 1. The zero-order valence-electron chi connectivity index (χ0n) is 17.5. The van der Waals surface area contributed by atoms with Crippen LogP contribution in [-0.4, -0.2) is 41.9 Å². The number of carbonyl (C=O) groups excluding carboxylic acids is 1. The number of benzene rings is 2. The van der Waals surface area contributed by atoms with Gasteiger partial charge < -0.3 is 4.42 Å². The second kappa shape index (κ2) is 9.51. The fourth-order valence-corrected chi connectivity index (χ4v) is 5.42. The predicted octanol–water partition coefficient (Wildman–Crippen LogP) is 4.70. The first kappa shape index (κ1) is 22.6. The molecule has 10 heteroatoms. The van der Waals surface area contributed by atoms with Gasteiger partial charge in [0.05, 0.1) is 4.90 Å². The average molecular weight is 519 g/mol. The number of amides is 1. The Labute approximate surface area is 195 Å². The molecule has 2 aromatic carbocycles. The number of hydrogen-bond donors (Lipinski definition) is 1. The van der Waals surface area contributed by atoms with Gasteiger partial charge in [0.15, 0.2) is 0 Å². The van der Waals surface area contributed by atoms with E-state index in [2.05, 4.69) is 31.4 Å². The number of nitrogens with zero attached hydrogens (tertiary/aromatic N) is 3. The van der Waals surface area contributed by atoms with Crippen LogP contribution in [0, 0.1) is 0 Å². The molecule has 1 N–H and O–H groups in total. The van der Waals surface area contributed by atoms with Crippen molar-refractivity contribution in [3.8, 4) is 11.5 Å². The van der Waals surface area contributed by atoms with E-state index in [9.17, 15) is 13.2 Å². The second-order valence-corrected chi connectivity index (χ2v) is 10.6. The summed E-state index contributed by atoms with van der Waals surface area (Å²) >= 11 is 3.36. The van der Waals surface area contributed by atoms with Gasteiger partial charge in [-0.05, 0) is 61.4 Å². The van der Waals surface area contributed by atoms with E-state index in [0.29, 0.717) is 0 Å². The van der Waals surface area contributed by atoms with E-state index in [1.807, 2.05) is 24.3 Å². The molecule has 0 unspecified atom stereocenters. The molecule has 0 atom stereocenters. The van der Waals surface area contributed by atoms with Gasteiger partial charge >= 0.3 is 6.01 Å². The van der Waals surface area contributed by atoms with Crippen LogP contribution >= 0.6 is 15.9 Å². The van der Waals surface area contributed by atoms with E-state index in [4.69, 9.17) is 4.42 Å². The summed E-state index contributed by atoms with van der Waals surface area (Å²) in [6.45, 7) is 0. The molecule has 1 fully saturated rings. The minimum Gasteiger partial charge on any atom is -0.403 e. The minimum absolute atomic E-state index is 0.0224. The molecule has 0 aliphatic heterocycles. The number of aromatic nitrogens is 2. The molecule has 1 aliphatic carbocycles. The quantitative estimate of drug-likeness (QED) is 0.506. The van der Waals surface area contributed by atoms with Crippen molar-refractivity contribution >= 4 is 37.9 Å². The summed E-state index contributed by atoms with van der Waals surface area (Å²) in [5, 5.41) is 10.3. The number of rotatable bonds is 6. The van der Waals surface area contributed by atoms with Crippen molar-refractivity contribution in [2.75, 3.05) is 12.4 Å². The Kier molecular flexibility index (Phi) is 6.73. The molecular formula is C22H23BrN4O4S. The van der Waals surface area contributed by atoms with Gasteiger partial charge in [-0.15, -0.1) is 5.10 Å². The van der Waals surface area contributed by atoms with E-state index in [1.54, 1.807) is 7.05 Å². The lowest BCUT2D eigenvalue weighted by atomic mass is 9.96. The maximum atomic E-state index is 13.0. The molecule has 3 aromatic rings. The molecule has 0 saturated heterocycles. The van der Waals surface area contributed by atoms with E-state index < -0.39 is 15.9 Å². The van der Waals surface area contributed by atoms with Gasteiger partial charge in [0.2, 0.25) is 15.9 Å². The highest BCUT2D eigenvalue weighted by Gasteiger charge is 2.29. The monoisotopic (exact) mass is 518 g/mol. The third-order valence-electron chi connectivity index (χ3n) is 5.62. The van der Waals surface area contributed by atoms with Crippen LogP contribution in [0.3, 0.4) is 0 Å². The van der Waals surface area contributed by atoms with E-state index in [0.717, 1.165) is 42.1 Å². The lowest BCUT2D eigenvalue weighted by Crippen LogP contribution is -2.38. The van der Waals surface area contributed by atoms with Crippen molar-refractivity contribution in [2.24, 2.45) is 0 Å². The normalized spacial score (nSPS) is 15.1. The first-order valence-electron chi connectivity index (χ1n) is 10.3. The lowest BCUT2D eigenvalue weighted by molar-refractivity contribution is 0.102. The van der Waals surface area contributed by atoms with Gasteiger partial charge in [0.1, 0.15) is 0 Å². The van der Waals surface area contributed by atoms with Gasteiger partial charge in [-0.2, -0.15) is 4.31 Å². The Morgan fingerprint density at radius 1 is 1.03 bits per heavy atom. The van der Waals surface area contributed by atoms with Crippen LogP contribution in [0.15, 0.2) is 62.3 Å². The topological polar surface area (TPSA) is 105 Å². The van der Waals surface area contributed by atoms with Crippen LogP contribution in [0.2, 0.25) is 0 Å². The summed E-state index contributed by atoms with van der Waals surface area (Å²) < 4.78 is 33.8. The molecule has 1 aliphatic rings. The molecular weight excluding hydrogens is 496 g/mol. The summed E-state index contributed by atoms with van der Waals surface area (Å²) in [5.41, 5.74) is 1.01. The van der Waals surface area contributed by atoms with Crippen LogP contribution in [0.1, 0.15) is 42.5 Å². The first-order valence-corrected chi connectivity index (χ1v) is 12.6. The zero-order valence-corrected chi connectivity index (χ0v) is 19.9. The Balaban J connectivity index is 1.43. The molecule has 1 heterocycles. The van der Waals surface area contributed by atoms with E-state index >= 15 is 0 Å². The number of halogens is 1. The fraction of sp³-hybridized carbons (Fsp3) is 0.318. The van der Waals surface area contributed by atoms with Crippen LogP contribution in [-0.2, 0) is 10.0 Å². The Hall–Kier alpha value is -2.56. The highest BCUT2D eigenvalue weighted by molar-refractivity contribution is 9.10. The Morgan fingerprint density at radius 3 is 2.34 bits per heavy atom. The number of nitrogens with one attached hydrogen (secondary N) is 1. The maximum Gasteiger partial charge on any atom is 0.322 e. The van der Waals surface area contributed by atoms with Crippen molar-refractivity contribution < 1.29 is 17.6 Å². The second-order valence-electron chi connectivity index (χ2n) is 7.71. The number of sulfonamides is 1. The van der Waals surface area contributed by atoms with Gasteiger partial charge in [-0.1, -0.05) is 40.3 Å². The molecule has 4 rings (SSSR count). The van der Waals surface area contributed by atoms with Gasteiger partial charge in [0.25, 0.3) is 5.91 Å². The highest BCUT2D eigenvalue weighted by Crippen LogP contribution is 2.27. The largest absolute Gasteiger partial charge is 0.403 e. The number of hydrogen-bond acceptors (Lipinski definition) is 6. The summed E-state index contributed by atoms with van der Waals surface area (Å²) in [4.78, 5) is 12.7. The van der Waals surface area contributed by atoms with Crippen LogP contribution in [0.4, 0.5) is 6.01 Å². The van der Waals surface area contributed by atoms with Crippen LogP contribution in [0.5, 0.6) is 0 Å². The molecule has 1 aromatic heterocycles.